The Hall–Kier alpha value is 0.620. The molecule has 0 bridgehead atoms. The van der Waals surface area contributed by atoms with E-state index in [-0.39, 0.29) is 0 Å². The first kappa shape index (κ1) is 10.1. The summed E-state index contributed by atoms with van der Waals surface area (Å²) in [6.07, 6.45) is 2.75. The quantitative estimate of drug-likeness (QED) is 0.888. The molecule has 1 N–H and O–H groups in total. The second kappa shape index (κ2) is 4.01. The number of rotatable bonds is 3. The Morgan fingerprint density at radius 2 is 2.23 bits per heavy atom. The number of hydrogen-bond donors (Lipinski definition) is 1. The smallest absolute Gasteiger partial charge is 0.0843 e. The van der Waals surface area contributed by atoms with Crippen molar-refractivity contribution in [3.8, 4) is 0 Å². The Morgan fingerprint density at radius 1 is 1.54 bits per heavy atom. The van der Waals surface area contributed by atoms with Gasteiger partial charge in [0.25, 0.3) is 0 Å². The Balaban J connectivity index is 2.21. The lowest BCUT2D eigenvalue weighted by Crippen LogP contribution is -2.16. The minimum absolute atomic E-state index is 0.563. The van der Waals surface area contributed by atoms with E-state index in [1.54, 1.807) is 0 Å². The molecule has 13 heavy (non-hydrogen) atoms. The average molecular weight is 325 g/mol. The molecule has 1 aliphatic rings. The van der Waals surface area contributed by atoms with Crippen molar-refractivity contribution < 1.29 is 0 Å². The van der Waals surface area contributed by atoms with E-state index in [1.165, 1.54) is 26.0 Å². The minimum atomic E-state index is 0.563. The van der Waals surface area contributed by atoms with Gasteiger partial charge in [-0.1, -0.05) is 0 Å². The molecule has 0 aromatic carbocycles. The number of halogens is 2. The van der Waals surface area contributed by atoms with Crippen LogP contribution in [-0.2, 0) is 0 Å². The van der Waals surface area contributed by atoms with Crippen LogP contribution in [0.1, 0.15) is 23.8 Å². The van der Waals surface area contributed by atoms with Crippen molar-refractivity contribution in [2.75, 3.05) is 7.05 Å². The Bertz CT molecular complexity index is 287. The van der Waals surface area contributed by atoms with E-state index in [1.807, 2.05) is 18.4 Å². The van der Waals surface area contributed by atoms with Gasteiger partial charge in [-0.2, -0.15) is 0 Å². The van der Waals surface area contributed by atoms with E-state index in [0.717, 1.165) is 5.92 Å². The van der Waals surface area contributed by atoms with Gasteiger partial charge in [0.05, 0.1) is 3.79 Å². The molecular weight excluding hydrogens is 314 g/mol. The van der Waals surface area contributed by atoms with Gasteiger partial charge >= 0.3 is 0 Å². The van der Waals surface area contributed by atoms with Gasteiger partial charge in [0.1, 0.15) is 0 Å². The predicted molar refractivity (Wildman–Crippen MR) is 64.2 cm³/mol. The molecule has 1 aromatic heterocycles. The van der Waals surface area contributed by atoms with Gasteiger partial charge in [0, 0.05) is 15.4 Å². The van der Waals surface area contributed by atoms with Gasteiger partial charge < -0.3 is 5.32 Å². The summed E-state index contributed by atoms with van der Waals surface area (Å²) in [4.78, 5) is 1.43. The van der Waals surface area contributed by atoms with E-state index in [0.29, 0.717) is 6.04 Å². The van der Waals surface area contributed by atoms with Crippen molar-refractivity contribution in [1.29, 1.82) is 0 Å². The van der Waals surface area contributed by atoms with Crippen LogP contribution in [0.4, 0.5) is 0 Å². The SMILES string of the molecule is CNC(c1cc(Br)c(Br)s1)C1CC1. The van der Waals surface area contributed by atoms with Crippen molar-refractivity contribution in [1.82, 2.24) is 5.32 Å². The first-order valence-electron chi connectivity index (χ1n) is 4.34. The van der Waals surface area contributed by atoms with E-state index in [4.69, 9.17) is 0 Å². The van der Waals surface area contributed by atoms with Gasteiger partial charge in [-0.25, -0.2) is 0 Å². The third kappa shape index (κ3) is 2.17. The summed E-state index contributed by atoms with van der Waals surface area (Å²) in [5.74, 6) is 0.863. The van der Waals surface area contributed by atoms with Crippen LogP contribution in [0.15, 0.2) is 14.3 Å². The minimum Gasteiger partial charge on any atom is -0.312 e. The van der Waals surface area contributed by atoms with Crippen LogP contribution in [0.2, 0.25) is 0 Å². The highest BCUT2D eigenvalue weighted by atomic mass is 79.9. The summed E-state index contributed by atoms with van der Waals surface area (Å²) in [5, 5.41) is 3.39. The van der Waals surface area contributed by atoms with E-state index >= 15 is 0 Å². The zero-order valence-electron chi connectivity index (χ0n) is 7.31. The fraction of sp³-hybridized carbons (Fsp3) is 0.556. The zero-order valence-corrected chi connectivity index (χ0v) is 11.3. The van der Waals surface area contributed by atoms with Crippen molar-refractivity contribution in [2.45, 2.75) is 18.9 Å². The maximum absolute atomic E-state index is 3.53. The van der Waals surface area contributed by atoms with Gasteiger partial charge in [-0.3, -0.25) is 0 Å². The van der Waals surface area contributed by atoms with Crippen LogP contribution in [-0.4, -0.2) is 7.05 Å². The van der Waals surface area contributed by atoms with Crippen molar-refractivity contribution in [2.24, 2.45) is 5.92 Å². The summed E-state index contributed by atoms with van der Waals surface area (Å²) < 4.78 is 2.37. The first-order chi connectivity index (χ1) is 6.22. The largest absolute Gasteiger partial charge is 0.312 e. The first-order valence-corrected chi connectivity index (χ1v) is 6.74. The lowest BCUT2D eigenvalue weighted by Gasteiger charge is -2.12. The second-order valence-corrected chi connectivity index (χ2v) is 6.63. The maximum atomic E-state index is 3.53. The molecule has 0 aliphatic heterocycles. The van der Waals surface area contributed by atoms with E-state index in [9.17, 15) is 0 Å². The molecular formula is C9H11Br2NS. The molecule has 0 saturated heterocycles. The highest BCUT2D eigenvalue weighted by Gasteiger charge is 2.32. The van der Waals surface area contributed by atoms with Crippen LogP contribution in [0.25, 0.3) is 0 Å². The summed E-state index contributed by atoms with van der Waals surface area (Å²) in [5.41, 5.74) is 0. The van der Waals surface area contributed by atoms with Gasteiger partial charge in [-0.05, 0) is 63.7 Å². The van der Waals surface area contributed by atoms with Crippen molar-refractivity contribution in [3.63, 3.8) is 0 Å². The summed E-state index contributed by atoms with van der Waals surface area (Å²) in [7, 11) is 2.05. The van der Waals surface area contributed by atoms with Crippen LogP contribution in [0, 0.1) is 5.92 Å². The molecule has 1 aliphatic carbocycles. The topological polar surface area (TPSA) is 12.0 Å². The molecule has 2 rings (SSSR count). The van der Waals surface area contributed by atoms with E-state index in [2.05, 4.69) is 43.2 Å². The lowest BCUT2D eigenvalue weighted by atomic mass is 10.1. The molecule has 1 aromatic rings. The Morgan fingerprint density at radius 3 is 2.62 bits per heavy atom. The van der Waals surface area contributed by atoms with Crippen LogP contribution >= 0.6 is 43.2 Å². The molecule has 1 saturated carbocycles. The normalized spacial score (nSPS) is 19.0. The summed E-state index contributed by atoms with van der Waals surface area (Å²) in [6.45, 7) is 0. The third-order valence-corrected chi connectivity index (χ3v) is 5.71. The molecule has 0 radical (unpaired) electrons. The summed E-state index contributed by atoms with van der Waals surface area (Å²) >= 11 is 8.87. The molecule has 4 heteroatoms. The van der Waals surface area contributed by atoms with Gasteiger partial charge in [0.2, 0.25) is 0 Å². The van der Waals surface area contributed by atoms with E-state index < -0.39 is 0 Å². The molecule has 0 amide bonds. The van der Waals surface area contributed by atoms with Gasteiger partial charge in [-0.15, -0.1) is 11.3 Å². The average Bonchev–Trinajstić information content (AvgIpc) is 2.84. The fourth-order valence-corrected chi connectivity index (χ4v) is 3.85. The Kier molecular flexibility index (Phi) is 3.13. The molecule has 1 nitrogen and oxygen atoms in total. The predicted octanol–water partition coefficient (Wildman–Crippen LogP) is 3.94. The molecule has 0 spiro atoms. The lowest BCUT2D eigenvalue weighted by molar-refractivity contribution is 0.537. The maximum Gasteiger partial charge on any atom is 0.0843 e. The van der Waals surface area contributed by atoms with Crippen molar-refractivity contribution >= 4 is 43.2 Å². The monoisotopic (exact) mass is 323 g/mol. The van der Waals surface area contributed by atoms with Gasteiger partial charge in [0.15, 0.2) is 0 Å². The molecule has 1 fully saturated rings. The van der Waals surface area contributed by atoms with Crippen LogP contribution < -0.4 is 5.32 Å². The van der Waals surface area contributed by atoms with Crippen LogP contribution in [0.3, 0.4) is 0 Å². The van der Waals surface area contributed by atoms with Crippen molar-refractivity contribution in [3.05, 3.63) is 19.2 Å². The highest BCUT2D eigenvalue weighted by Crippen LogP contribution is 2.45. The number of nitrogens with one attached hydrogen (secondary N) is 1. The standard InChI is InChI=1S/C9H11Br2NS/c1-12-8(5-2-3-5)7-4-6(10)9(11)13-7/h4-5,8,12H,2-3H2,1H3. The molecule has 72 valence electrons. The highest BCUT2D eigenvalue weighted by molar-refractivity contribution is 9.13. The van der Waals surface area contributed by atoms with Crippen LogP contribution in [0.5, 0.6) is 0 Å². The second-order valence-electron chi connectivity index (χ2n) is 3.37. The zero-order chi connectivity index (χ0) is 9.42. The third-order valence-electron chi connectivity index (χ3n) is 2.38. The Labute approximate surface area is 99.2 Å². The number of thiophene rings is 1. The fourth-order valence-electron chi connectivity index (χ4n) is 1.56. The molecule has 1 unspecified atom stereocenters. The molecule has 1 heterocycles. The summed E-state index contributed by atoms with van der Waals surface area (Å²) in [6, 6.07) is 2.78. The number of hydrogen-bond acceptors (Lipinski definition) is 2. The molecule has 1 atom stereocenters.